The third kappa shape index (κ3) is 4.28. The molecule has 4 aromatic carbocycles. The monoisotopic (exact) mass is 392 g/mol. The zero-order valence-electron chi connectivity index (χ0n) is 17.0. The molecule has 0 radical (unpaired) electrons. The van der Waals surface area contributed by atoms with Crippen molar-refractivity contribution in [3.63, 3.8) is 0 Å². The molecule has 0 spiro atoms. The SMILES string of the molecule is CCOc1ccc(C(=C(c2ccccc2)c2ccc(O)cc2)c2ccccc2)cc1. The number of ether oxygens (including phenoxy) is 1. The van der Waals surface area contributed by atoms with E-state index in [4.69, 9.17) is 4.74 Å². The predicted octanol–water partition coefficient (Wildman–Crippen LogP) is 6.80. The minimum Gasteiger partial charge on any atom is -0.508 e. The zero-order valence-corrected chi connectivity index (χ0v) is 17.0. The lowest BCUT2D eigenvalue weighted by Gasteiger charge is -2.18. The van der Waals surface area contributed by atoms with Crippen LogP contribution in [0.3, 0.4) is 0 Å². The maximum atomic E-state index is 9.83. The van der Waals surface area contributed by atoms with Crippen molar-refractivity contribution in [3.8, 4) is 11.5 Å². The number of hydrogen-bond donors (Lipinski definition) is 1. The molecule has 1 N–H and O–H groups in total. The van der Waals surface area contributed by atoms with Gasteiger partial charge in [0.2, 0.25) is 0 Å². The van der Waals surface area contributed by atoms with Crippen LogP contribution in [0.4, 0.5) is 0 Å². The quantitative estimate of drug-likeness (QED) is 0.366. The number of phenolic OH excluding ortho intramolecular Hbond substituents is 1. The topological polar surface area (TPSA) is 29.5 Å². The molecule has 30 heavy (non-hydrogen) atoms. The van der Waals surface area contributed by atoms with Gasteiger partial charge in [0.15, 0.2) is 0 Å². The second-order valence-corrected chi connectivity index (χ2v) is 6.99. The van der Waals surface area contributed by atoms with Gasteiger partial charge in [-0.2, -0.15) is 0 Å². The fourth-order valence-electron chi connectivity index (χ4n) is 3.63. The smallest absolute Gasteiger partial charge is 0.119 e. The third-order valence-corrected chi connectivity index (χ3v) is 4.98. The van der Waals surface area contributed by atoms with Crippen LogP contribution >= 0.6 is 0 Å². The number of rotatable bonds is 6. The molecular weight excluding hydrogens is 368 g/mol. The molecule has 0 bridgehead atoms. The van der Waals surface area contributed by atoms with Crippen molar-refractivity contribution in [1.82, 2.24) is 0 Å². The average molecular weight is 392 g/mol. The molecule has 148 valence electrons. The van der Waals surface area contributed by atoms with Gasteiger partial charge in [-0.05, 0) is 64.6 Å². The van der Waals surface area contributed by atoms with Crippen molar-refractivity contribution < 1.29 is 9.84 Å². The van der Waals surface area contributed by atoms with E-state index in [0.717, 1.165) is 39.1 Å². The van der Waals surface area contributed by atoms with E-state index < -0.39 is 0 Å². The fraction of sp³-hybridized carbons (Fsp3) is 0.0714. The highest BCUT2D eigenvalue weighted by molar-refractivity contribution is 6.04. The molecule has 0 aliphatic heterocycles. The Hall–Kier alpha value is -3.78. The van der Waals surface area contributed by atoms with Crippen LogP contribution in [0.25, 0.3) is 11.1 Å². The van der Waals surface area contributed by atoms with Crippen LogP contribution in [0.1, 0.15) is 29.2 Å². The van der Waals surface area contributed by atoms with Crippen LogP contribution in [0.2, 0.25) is 0 Å². The Bertz CT molecular complexity index is 1110. The molecule has 0 atom stereocenters. The molecule has 2 nitrogen and oxygen atoms in total. The third-order valence-electron chi connectivity index (χ3n) is 4.98. The van der Waals surface area contributed by atoms with Crippen molar-refractivity contribution in [1.29, 1.82) is 0 Å². The molecule has 0 aliphatic carbocycles. The van der Waals surface area contributed by atoms with Crippen LogP contribution in [0.15, 0.2) is 109 Å². The van der Waals surface area contributed by atoms with E-state index in [1.165, 1.54) is 0 Å². The molecule has 0 aliphatic rings. The molecule has 0 heterocycles. The van der Waals surface area contributed by atoms with E-state index >= 15 is 0 Å². The normalized spacial score (nSPS) is 11.6. The first kappa shape index (κ1) is 19.5. The highest BCUT2D eigenvalue weighted by Gasteiger charge is 2.16. The van der Waals surface area contributed by atoms with E-state index in [1.807, 2.05) is 43.3 Å². The lowest BCUT2D eigenvalue weighted by molar-refractivity contribution is 0.340. The van der Waals surface area contributed by atoms with Gasteiger partial charge >= 0.3 is 0 Å². The summed E-state index contributed by atoms with van der Waals surface area (Å²) in [4.78, 5) is 0. The summed E-state index contributed by atoms with van der Waals surface area (Å²) < 4.78 is 5.65. The van der Waals surface area contributed by atoms with Crippen LogP contribution in [0.5, 0.6) is 11.5 Å². The fourth-order valence-corrected chi connectivity index (χ4v) is 3.63. The Morgan fingerprint density at radius 3 is 1.40 bits per heavy atom. The maximum Gasteiger partial charge on any atom is 0.119 e. The van der Waals surface area contributed by atoms with Crippen molar-refractivity contribution >= 4 is 11.1 Å². The Balaban J connectivity index is 2.01. The second kappa shape index (κ2) is 9.15. The Kier molecular flexibility index (Phi) is 5.95. The van der Waals surface area contributed by atoms with Gasteiger partial charge in [-0.25, -0.2) is 0 Å². The first-order valence-electron chi connectivity index (χ1n) is 10.1. The largest absolute Gasteiger partial charge is 0.508 e. The van der Waals surface area contributed by atoms with E-state index in [-0.39, 0.29) is 5.75 Å². The summed E-state index contributed by atoms with van der Waals surface area (Å²) in [6, 6.07) is 36.4. The van der Waals surface area contributed by atoms with Gasteiger partial charge in [-0.1, -0.05) is 84.9 Å². The van der Waals surface area contributed by atoms with Crippen LogP contribution < -0.4 is 4.74 Å². The molecule has 4 aromatic rings. The molecule has 2 heteroatoms. The van der Waals surface area contributed by atoms with Crippen molar-refractivity contribution in [2.24, 2.45) is 0 Å². The summed E-state index contributed by atoms with van der Waals surface area (Å²) in [5, 5.41) is 9.83. The molecule has 0 saturated heterocycles. The van der Waals surface area contributed by atoms with Gasteiger partial charge in [0, 0.05) is 0 Å². The summed E-state index contributed by atoms with van der Waals surface area (Å²) in [5.74, 6) is 1.12. The lowest BCUT2D eigenvalue weighted by Crippen LogP contribution is -1.98. The van der Waals surface area contributed by atoms with Gasteiger partial charge in [-0.3, -0.25) is 0 Å². The number of phenols is 1. The first-order chi connectivity index (χ1) is 14.8. The van der Waals surface area contributed by atoms with E-state index in [9.17, 15) is 5.11 Å². The molecule has 0 amide bonds. The van der Waals surface area contributed by atoms with Crippen LogP contribution in [0, 0.1) is 0 Å². The van der Waals surface area contributed by atoms with E-state index in [2.05, 4.69) is 60.7 Å². The zero-order chi connectivity index (χ0) is 20.8. The summed E-state index contributed by atoms with van der Waals surface area (Å²) in [6.07, 6.45) is 0. The maximum absolute atomic E-state index is 9.83. The van der Waals surface area contributed by atoms with Crippen molar-refractivity contribution in [2.45, 2.75) is 6.92 Å². The van der Waals surface area contributed by atoms with E-state index in [0.29, 0.717) is 6.61 Å². The molecule has 0 unspecified atom stereocenters. The number of aromatic hydroxyl groups is 1. The van der Waals surface area contributed by atoms with Gasteiger partial charge in [0.1, 0.15) is 11.5 Å². The average Bonchev–Trinajstić information content (AvgIpc) is 2.80. The molecule has 0 aromatic heterocycles. The van der Waals surface area contributed by atoms with Gasteiger partial charge in [-0.15, -0.1) is 0 Å². The second-order valence-electron chi connectivity index (χ2n) is 6.99. The summed E-state index contributed by atoms with van der Waals surface area (Å²) in [6.45, 7) is 2.63. The molecular formula is C28H24O2. The Morgan fingerprint density at radius 2 is 0.967 bits per heavy atom. The van der Waals surface area contributed by atoms with Gasteiger partial charge in [0.05, 0.1) is 6.61 Å². The number of benzene rings is 4. The minimum atomic E-state index is 0.258. The molecule has 4 rings (SSSR count). The highest BCUT2D eigenvalue weighted by atomic mass is 16.5. The standard InChI is InChI=1S/C28H24O2/c1-2-30-26-19-15-24(16-20-26)28(22-11-7-4-8-12-22)27(21-9-5-3-6-10-21)23-13-17-25(29)18-14-23/h3-20,29H,2H2,1H3. The van der Waals surface area contributed by atoms with Crippen molar-refractivity contribution in [2.75, 3.05) is 6.61 Å². The predicted molar refractivity (Wildman–Crippen MR) is 124 cm³/mol. The highest BCUT2D eigenvalue weighted by Crippen LogP contribution is 2.37. The Labute approximate surface area is 177 Å². The Morgan fingerprint density at radius 1 is 0.567 bits per heavy atom. The first-order valence-corrected chi connectivity index (χ1v) is 10.1. The van der Waals surface area contributed by atoms with Crippen molar-refractivity contribution in [3.05, 3.63) is 131 Å². The molecule has 0 fully saturated rings. The van der Waals surface area contributed by atoms with Gasteiger partial charge < -0.3 is 9.84 Å². The summed E-state index contributed by atoms with van der Waals surface area (Å²) >= 11 is 0. The summed E-state index contributed by atoms with van der Waals surface area (Å²) in [7, 11) is 0. The number of hydrogen-bond acceptors (Lipinski definition) is 2. The minimum absolute atomic E-state index is 0.258. The van der Waals surface area contributed by atoms with Crippen LogP contribution in [-0.4, -0.2) is 11.7 Å². The molecule has 0 saturated carbocycles. The lowest BCUT2D eigenvalue weighted by atomic mass is 9.86. The summed E-state index contributed by atoms with van der Waals surface area (Å²) in [5.41, 5.74) is 6.66. The van der Waals surface area contributed by atoms with E-state index in [1.54, 1.807) is 12.1 Å². The van der Waals surface area contributed by atoms with Crippen LogP contribution in [-0.2, 0) is 0 Å². The van der Waals surface area contributed by atoms with Gasteiger partial charge in [0.25, 0.3) is 0 Å².